The highest BCUT2D eigenvalue weighted by Crippen LogP contribution is 2.27. The first-order valence-electron chi connectivity index (χ1n) is 9.02. The number of fused-ring (bicyclic) bond motifs is 1. The van der Waals surface area contributed by atoms with E-state index >= 15 is 0 Å². The van der Waals surface area contributed by atoms with Crippen molar-refractivity contribution in [1.82, 2.24) is 19.8 Å². The van der Waals surface area contributed by atoms with Crippen LogP contribution in [0.25, 0.3) is 10.2 Å². The van der Waals surface area contributed by atoms with Crippen molar-refractivity contribution in [3.63, 3.8) is 0 Å². The number of nitrogens with zero attached hydrogens (tertiary/aromatic N) is 3. The lowest BCUT2D eigenvalue weighted by atomic mass is 10.2. The Morgan fingerprint density at radius 2 is 2.04 bits per heavy atom. The lowest BCUT2D eigenvalue weighted by Crippen LogP contribution is -2.49. The zero-order valence-electron chi connectivity index (χ0n) is 15.6. The number of furan rings is 1. The quantitative estimate of drug-likeness (QED) is 0.748. The van der Waals surface area contributed by atoms with Crippen molar-refractivity contribution in [2.24, 2.45) is 0 Å². The van der Waals surface area contributed by atoms with Crippen LogP contribution < -0.4 is 5.56 Å². The number of thiophene rings is 1. The monoisotopic (exact) mass is 386 g/mol. The van der Waals surface area contributed by atoms with Crippen molar-refractivity contribution in [3.8, 4) is 0 Å². The maximum atomic E-state index is 12.5. The van der Waals surface area contributed by atoms with Gasteiger partial charge >= 0.3 is 0 Å². The number of piperazine rings is 1. The Labute approximate surface area is 160 Å². The summed E-state index contributed by atoms with van der Waals surface area (Å²) in [6.07, 6.45) is 1.51. The number of carbonyl (C=O) groups excluding carboxylic acids is 1. The molecule has 142 valence electrons. The largest absolute Gasteiger partial charge is 0.459 e. The third-order valence-electron chi connectivity index (χ3n) is 5.33. The third-order valence-corrected chi connectivity index (χ3v) is 6.44. The molecular weight excluding hydrogens is 364 g/mol. The Balaban J connectivity index is 1.49. The molecule has 1 aliphatic rings. The highest BCUT2D eigenvalue weighted by molar-refractivity contribution is 7.18. The van der Waals surface area contributed by atoms with E-state index < -0.39 is 0 Å². The van der Waals surface area contributed by atoms with E-state index in [4.69, 9.17) is 9.40 Å². The third kappa shape index (κ3) is 3.19. The van der Waals surface area contributed by atoms with Crippen LogP contribution in [0.1, 0.15) is 39.8 Å². The highest BCUT2D eigenvalue weighted by atomic mass is 32.1. The summed E-state index contributed by atoms with van der Waals surface area (Å²) in [4.78, 5) is 38.5. The summed E-state index contributed by atoms with van der Waals surface area (Å²) in [6.45, 7) is 8.70. The van der Waals surface area contributed by atoms with Crippen molar-refractivity contribution < 1.29 is 9.21 Å². The zero-order chi connectivity index (χ0) is 19.1. The molecule has 0 spiro atoms. The SMILES string of the molecule is Cc1sc2nc(C(C)N3CCN(C(=O)c4ccco4)CC3)[nH]c(=O)c2c1C. The highest BCUT2D eigenvalue weighted by Gasteiger charge is 2.28. The molecule has 0 aliphatic carbocycles. The Kier molecular flexibility index (Phi) is 4.61. The molecule has 0 saturated carbocycles. The number of rotatable bonds is 3. The van der Waals surface area contributed by atoms with Crippen LogP contribution in [0.2, 0.25) is 0 Å². The fourth-order valence-electron chi connectivity index (χ4n) is 3.51. The van der Waals surface area contributed by atoms with Gasteiger partial charge in [-0.3, -0.25) is 14.5 Å². The lowest BCUT2D eigenvalue weighted by Gasteiger charge is -2.37. The van der Waals surface area contributed by atoms with Gasteiger partial charge in [-0.15, -0.1) is 11.3 Å². The number of carbonyl (C=O) groups is 1. The Morgan fingerprint density at radius 3 is 2.70 bits per heavy atom. The Morgan fingerprint density at radius 1 is 1.30 bits per heavy atom. The summed E-state index contributed by atoms with van der Waals surface area (Å²) in [7, 11) is 0. The molecular formula is C19H22N4O3S. The molecule has 7 nitrogen and oxygen atoms in total. The number of amides is 1. The van der Waals surface area contributed by atoms with Gasteiger partial charge in [-0.05, 0) is 38.5 Å². The van der Waals surface area contributed by atoms with Gasteiger partial charge in [0.05, 0.1) is 17.7 Å². The number of nitrogens with one attached hydrogen (secondary N) is 1. The first kappa shape index (κ1) is 17.9. The Hall–Kier alpha value is -2.45. The molecule has 1 fully saturated rings. The van der Waals surface area contributed by atoms with E-state index in [1.165, 1.54) is 6.26 Å². The van der Waals surface area contributed by atoms with E-state index in [-0.39, 0.29) is 17.5 Å². The van der Waals surface area contributed by atoms with Crippen LogP contribution in [0.5, 0.6) is 0 Å². The van der Waals surface area contributed by atoms with Gasteiger partial charge in [-0.25, -0.2) is 4.98 Å². The molecule has 0 bridgehead atoms. The van der Waals surface area contributed by atoms with E-state index in [1.54, 1.807) is 28.4 Å². The van der Waals surface area contributed by atoms with Crippen LogP contribution in [0.15, 0.2) is 27.6 Å². The average molecular weight is 386 g/mol. The van der Waals surface area contributed by atoms with Crippen molar-refractivity contribution in [2.75, 3.05) is 26.2 Å². The summed E-state index contributed by atoms with van der Waals surface area (Å²) >= 11 is 1.56. The minimum absolute atomic E-state index is 0.0225. The van der Waals surface area contributed by atoms with E-state index in [1.807, 2.05) is 20.8 Å². The Bertz CT molecular complexity index is 1030. The van der Waals surface area contributed by atoms with Gasteiger partial charge in [-0.1, -0.05) is 0 Å². The number of hydrogen-bond donors (Lipinski definition) is 1. The summed E-state index contributed by atoms with van der Waals surface area (Å²) in [6, 6.07) is 3.38. The van der Waals surface area contributed by atoms with Gasteiger partial charge in [0.25, 0.3) is 11.5 Å². The van der Waals surface area contributed by atoms with E-state index in [2.05, 4.69) is 9.88 Å². The summed E-state index contributed by atoms with van der Waals surface area (Å²) in [5.41, 5.74) is 0.934. The molecule has 0 radical (unpaired) electrons. The van der Waals surface area contributed by atoms with Crippen molar-refractivity contribution in [3.05, 3.63) is 50.8 Å². The fourth-order valence-corrected chi connectivity index (χ4v) is 4.55. The predicted octanol–water partition coefficient (Wildman–Crippen LogP) is 2.71. The summed E-state index contributed by atoms with van der Waals surface area (Å²) < 4.78 is 5.20. The van der Waals surface area contributed by atoms with Crippen LogP contribution >= 0.6 is 11.3 Å². The maximum absolute atomic E-state index is 12.5. The second-order valence-corrected chi connectivity index (χ2v) is 8.10. The number of aryl methyl sites for hydroxylation is 2. The number of aromatic nitrogens is 2. The molecule has 8 heteroatoms. The van der Waals surface area contributed by atoms with Gasteiger partial charge < -0.3 is 14.3 Å². The smallest absolute Gasteiger partial charge is 0.289 e. The number of aromatic amines is 1. The van der Waals surface area contributed by atoms with E-state index in [0.29, 0.717) is 30.1 Å². The minimum Gasteiger partial charge on any atom is -0.459 e. The topological polar surface area (TPSA) is 82.4 Å². The van der Waals surface area contributed by atoms with Gasteiger partial charge in [0.15, 0.2) is 5.76 Å². The molecule has 27 heavy (non-hydrogen) atoms. The molecule has 1 N–H and O–H groups in total. The van der Waals surface area contributed by atoms with Crippen LogP contribution in [-0.4, -0.2) is 51.9 Å². The van der Waals surface area contributed by atoms with Gasteiger partial charge in [-0.2, -0.15) is 0 Å². The van der Waals surface area contributed by atoms with Gasteiger partial charge in [0.2, 0.25) is 0 Å². The zero-order valence-corrected chi connectivity index (χ0v) is 16.4. The fraction of sp³-hybridized carbons (Fsp3) is 0.421. The molecule has 4 rings (SSSR count). The number of H-pyrrole nitrogens is 1. The van der Waals surface area contributed by atoms with Crippen LogP contribution in [0.4, 0.5) is 0 Å². The van der Waals surface area contributed by atoms with Crippen molar-refractivity contribution in [1.29, 1.82) is 0 Å². The van der Waals surface area contributed by atoms with Crippen LogP contribution in [-0.2, 0) is 0 Å². The molecule has 3 aromatic rings. The molecule has 1 unspecified atom stereocenters. The first-order chi connectivity index (χ1) is 13.0. The molecule has 4 heterocycles. The van der Waals surface area contributed by atoms with Crippen molar-refractivity contribution in [2.45, 2.75) is 26.8 Å². The van der Waals surface area contributed by atoms with E-state index in [9.17, 15) is 9.59 Å². The normalized spacial score (nSPS) is 16.8. The lowest BCUT2D eigenvalue weighted by molar-refractivity contribution is 0.0547. The number of hydrogen-bond acceptors (Lipinski definition) is 6. The molecule has 3 aromatic heterocycles. The maximum Gasteiger partial charge on any atom is 0.289 e. The molecule has 1 atom stereocenters. The molecule has 1 saturated heterocycles. The van der Waals surface area contributed by atoms with Gasteiger partial charge in [0.1, 0.15) is 10.7 Å². The van der Waals surface area contributed by atoms with Crippen molar-refractivity contribution >= 4 is 27.5 Å². The van der Waals surface area contributed by atoms with Crippen LogP contribution in [0, 0.1) is 13.8 Å². The molecule has 1 aliphatic heterocycles. The molecule has 0 aromatic carbocycles. The predicted molar refractivity (Wildman–Crippen MR) is 104 cm³/mol. The van der Waals surface area contributed by atoms with Crippen LogP contribution in [0.3, 0.4) is 0 Å². The van der Waals surface area contributed by atoms with E-state index in [0.717, 1.165) is 28.4 Å². The second kappa shape index (κ2) is 6.94. The minimum atomic E-state index is -0.0789. The summed E-state index contributed by atoms with van der Waals surface area (Å²) in [5, 5.41) is 0.697. The molecule has 1 amide bonds. The standard InChI is InChI=1S/C19H22N4O3S/c1-11-13(3)27-18-15(11)17(24)20-16(21-18)12(2)22-6-8-23(9-7-22)19(25)14-5-4-10-26-14/h4-5,10,12H,6-9H2,1-3H3,(H,20,21,24). The second-order valence-electron chi connectivity index (χ2n) is 6.90. The average Bonchev–Trinajstić information content (AvgIpc) is 3.29. The summed E-state index contributed by atoms with van der Waals surface area (Å²) in [5.74, 6) is 0.973. The van der Waals surface area contributed by atoms with Gasteiger partial charge in [0, 0.05) is 31.1 Å². The first-order valence-corrected chi connectivity index (χ1v) is 9.84.